The fourth-order valence-electron chi connectivity index (χ4n) is 6.81. The third-order valence-electron chi connectivity index (χ3n) is 9.49. The van der Waals surface area contributed by atoms with E-state index in [9.17, 15) is 40.2 Å². The van der Waals surface area contributed by atoms with Crippen LogP contribution in [0.4, 0.5) is 0 Å². The predicted molar refractivity (Wildman–Crippen MR) is 175 cm³/mol. The number of ketones is 2. The van der Waals surface area contributed by atoms with Crippen LogP contribution in [0, 0.1) is 3.57 Å². The van der Waals surface area contributed by atoms with Crippen LogP contribution in [0.15, 0.2) is 36.4 Å². The van der Waals surface area contributed by atoms with Crippen molar-refractivity contribution in [2.45, 2.75) is 82.0 Å². The Hall–Kier alpha value is -3.31. The summed E-state index contributed by atoms with van der Waals surface area (Å²) in [5, 5.41) is 69.6. The predicted octanol–water partition coefficient (Wildman–Crippen LogP) is 2.96. The molecule has 0 spiro atoms. The van der Waals surface area contributed by atoms with Gasteiger partial charge in [-0.05, 0) is 60.2 Å². The monoisotopic (exact) mass is 761 g/mol. The first-order chi connectivity index (χ1) is 22.2. The van der Waals surface area contributed by atoms with Crippen molar-refractivity contribution in [3.05, 3.63) is 78.9 Å². The van der Waals surface area contributed by atoms with Gasteiger partial charge in [0.2, 0.25) is 5.78 Å². The Balaban J connectivity index is 1.36. The molecule has 0 saturated carbocycles. The van der Waals surface area contributed by atoms with Gasteiger partial charge in [-0.2, -0.15) is 0 Å². The third-order valence-corrected chi connectivity index (χ3v) is 10.3. The number of hydrogen-bond donors (Lipinski definition) is 7. The summed E-state index contributed by atoms with van der Waals surface area (Å²) in [4.78, 5) is 27.6. The molecule has 1 aliphatic heterocycles. The number of halogens is 1. The molecule has 3 aromatic rings. The van der Waals surface area contributed by atoms with Crippen molar-refractivity contribution in [1.82, 2.24) is 5.32 Å². The zero-order valence-corrected chi connectivity index (χ0v) is 28.0. The smallest absolute Gasteiger partial charge is 0.202 e. The summed E-state index contributed by atoms with van der Waals surface area (Å²) < 4.78 is 18.4. The van der Waals surface area contributed by atoms with Crippen molar-refractivity contribution in [3.8, 4) is 23.0 Å². The zero-order chi connectivity index (χ0) is 33.9. The summed E-state index contributed by atoms with van der Waals surface area (Å²) in [5.41, 5.74) is -1.87. The van der Waals surface area contributed by atoms with Gasteiger partial charge in [0.1, 0.15) is 23.0 Å². The lowest BCUT2D eigenvalue weighted by Gasteiger charge is -2.44. The summed E-state index contributed by atoms with van der Waals surface area (Å²) in [6.07, 6.45) is -5.56. The van der Waals surface area contributed by atoms with Crippen molar-refractivity contribution in [1.29, 1.82) is 0 Å². The molecule has 13 heteroatoms. The summed E-state index contributed by atoms with van der Waals surface area (Å²) in [7, 11) is 1.35. The van der Waals surface area contributed by atoms with Gasteiger partial charge >= 0.3 is 0 Å². The Morgan fingerprint density at radius 1 is 1.09 bits per heavy atom. The summed E-state index contributed by atoms with van der Waals surface area (Å²) in [5.74, 6) is -2.32. The van der Waals surface area contributed by atoms with Crippen LogP contribution in [-0.4, -0.2) is 85.6 Å². The van der Waals surface area contributed by atoms with E-state index in [0.717, 1.165) is 5.56 Å². The van der Waals surface area contributed by atoms with Crippen LogP contribution in [0.1, 0.15) is 81.3 Å². The maximum Gasteiger partial charge on any atom is 0.202 e. The molecule has 0 radical (unpaired) electrons. The molecule has 3 aliphatic rings. The Kier molecular flexibility index (Phi) is 9.02. The Bertz CT molecular complexity index is 1760. The molecule has 7 N–H and O–H groups in total. The molecule has 0 bridgehead atoms. The van der Waals surface area contributed by atoms with Crippen molar-refractivity contribution >= 4 is 34.2 Å². The summed E-state index contributed by atoms with van der Waals surface area (Å²) in [6, 6.07) is 9.14. The van der Waals surface area contributed by atoms with E-state index in [2.05, 4.69) is 5.32 Å². The number of carbonyl (C=O) groups is 2. The number of benzene rings is 3. The quantitative estimate of drug-likeness (QED) is 0.108. The molecule has 0 amide bonds. The second-order valence-electron chi connectivity index (χ2n) is 12.4. The van der Waals surface area contributed by atoms with Gasteiger partial charge in [0.05, 0.1) is 57.4 Å². The molecule has 47 heavy (non-hydrogen) atoms. The molecule has 7 atom stereocenters. The number of carbonyl (C=O) groups excluding carboxylic acids is 2. The number of phenolic OH excluding ortho intramolecular Hbond substituents is 3. The Labute approximate surface area is 284 Å². The highest BCUT2D eigenvalue weighted by molar-refractivity contribution is 14.1. The SMILES string of the molecule is COc1cccc2c1C(=O)c1c(O)c3c(c(O)c1C2=O)C[C@@](O)(C(C)O)C[C@@H]3O[C@H]1C[C@H](NCc2ccc(O)c(I)c2)[C@H](O)[C@H](C)O1. The van der Waals surface area contributed by atoms with Crippen molar-refractivity contribution in [2.75, 3.05) is 7.11 Å². The molecular weight excluding hydrogens is 725 g/mol. The average Bonchev–Trinajstić information content (AvgIpc) is 3.03. The van der Waals surface area contributed by atoms with E-state index >= 15 is 0 Å². The number of hydrogen-bond acceptors (Lipinski definition) is 12. The molecule has 1 saturated heterocycles. The first-order valence-corrected chi connectivity index (χ1v) is 16.3. The van der Waals surface area contributed by atoms with E-state index in [4.69, 9.17) is 14.2 Å². The van der Waals surface area contributed by atoms with E-state index in [-0.39, 0.29) is 53.0 Å². The number of ether oxygens (including phenoxy) is 3. The molecule has 250 valence electrons. The zero-order valence-electron chi connectivity index (χ0n) is 25.9. The topological polar surface area (TPSA) is 195 Å². The van der Waals surface area contributed by atoms with Crippen LogP contribution < -0.4 is 10.1 Å². The number of methoxy groups -OCH3 is 1. The van der Waals surface area contributed by atoms with Crippen molar-refractivity contribution < 1.29 is 54.4 Å². The molecule has 2 aliphatic carbocycles. The maximum atomic E-state index is 13.9. The van der Waals surface area contributed by atoms with E-state index < -0.39 is 76.5 Å². The first kappa shape index (κ1) is 33.6. The molecule has 0 aromatic heterocycles. The van der Waals surface area contributed by atoms with Gasteiger partial charge in [0, 0.05) is 48.5 Å². The minimum atomic E-state index is -1.84. The fraction of sp³-hybridized carbons (Fsp3) is 0.412. The number of aromatic hydroxyl groups is 3. The standard InChI is InChI=1S/C34H36INO11/c1-14-29(39)20(36-13-16-7-8-21(38)19(35)9-16)10-24(46-14)47-23-12-34(44,15(2)37)11-18-26(23)33(43)28-27(31(18)41)30(40)17-5-4-6-22(45-3)25(17)32(28)42/h4-9,14-15,20,23-24,29,36-39,41,43-44H,10-13H2,1-3H3/t14-,15?,20-,23-,24-,29+,34-/m0/s1. The minimum absolute atomic E-state index is 0.00312. The van der Waals surface area contributed by atoms with Crippen LogP contribution in [0.2, 0.25) is 0 Å². The number of rotatable bonds is 7. The second-order valence-corrected chi connectivity index (χ2v) is 13.6. The van der Waals surface area contributed by atoms with Crippen molar-refractivity contribution in [2.24, 2.45) is 0 Å². The van der Waals surface area contributed by atoms with Crippen LogP contribution in [0.5, 0.6) is 23.0 Å². The van der Waals surface area contributed by atoms with Gasteiger partial charge in [-0.25, -0.2) is 0 Å². The molecule has 1 fully saturated rings. The van der Waals surface area contributed by atoms with Gasteiger partial charge < -0.3 is 50.2 Å². The fourth-order valence-corrected chi connectivity index (χ4v) is 7.39. The van der Waals surface area contributed by atoms with E-state index in [0.29, 0.717) is 10.1 Å². The van der Waals surface area contributed by atoms with Crippen molar-refractivity contribution in [3.63, 3.8) is 0 Å². The number of aliphatic hydroxyl groups is 3. The van der Waals surface area contributed by atoms with Crippen LogP contribution >= 0.6 is 22.6 Å². The number of fused-ring (bicyclic) bond motifs is 3. The highest BCUT2D eigenvalue weighted by atomic mass is 127. The van der Waals surface area contributed by atoms with Gasteiger partial charge in [-0.3, -0.25) is 9.59 Å². The largest absolute Gasteiger partial charge is 0.507 e. The Morgan fingerprint density at radius 3 is 2.49 bits per heavy atom. The number of nitrogens with one attached hydrogen (secondary N) is 1. The minimum Gasteiger partial charge on any atom is -0.507 e. The second kappa shape index (κ2) is 12.6. The molecule has 1 unspecified atom stereocenters. The van der Waals surface area contributed by atoms with Crippen LogP contribution in [0.25, 0.3) is 0 Å². The normalized spacial score (nSPS) is 27.5. The van der Waals surface area contributed by atoms with E-state index in [1.807, 2.05) is 28.7 Å². The number of aliphatic hydroxyl groups excluding tert-OH is 2. The first-order valence-electron chi connectivity index (χ1n) is 15.2. The molecule has 6 rings (SSSR count). The molecule has 3 aromatic carbocycles. The molecular formula is C34H36INO11. The average molecular weight is 762 g/mol. The van der Waals surface area contributed by atoms with Gasteiger partial charge in [-0.1, -0.05) is 18.2 Å². The van der Waals surface area contributed by atoms with E-state index in [1.165, 1.54) is 32.2 Å². The van der Waals surface area contributed by atoms with Gasteiger partial charge in [-0.15, -0.1) is 0 Å². The van der Waals surface area contributed by atoms with Gasteiger partial charge in [0.15, 0.2) is 12.1 Å². The molecule has 12 nitrogen and oxygen atoms in total. The number of phenols is 3. The summed E-state index contributed by atoms with van der Waals surface area (Å²) in [6.45, 7) is 3.43. The highest BCUT2D eigenvalue weighted by Gasteiger charge is 2.49. The highest BCUT2D eigenvalue weighted by Crippen LogP contribution is 2.53. The maximum absolute atomic E-state index is 13.9. The lowest BCUT2D eigenvalue weighted by molar-refractivity contribution is -0.253. The lowest BCUT2D eigenvalue weighted by Crippen LogP contribution is -2.54. The summed E-state index contributed by atoms with van der Waals surface area (Å²) >= 11 is 2.03. The lowest BCUT2D eigenvalue weighted by atomic mass is 9.71. The van der Waals surface area contributed by atoms with E-state index in [1.54, 1.807) is 19.1 Å². The Morgan fingerprint density at radius 2 is 1.81 bits per heavy atom. The molecule has 1 heterocycles. The van der Waals surface area contributed by atoms with Crippen LogP contribution in [-0.2, 0) is 22.4 Å². The third kappa shape index (κ3) is 5.77. The van der Waals surface area contributed by atoms with Crippen LogP contribution in [0.3, 0.4) is 0 Å². The van der Waals surface area contributed by atoms with Gasteiger partial charge in [0.25, 0.3) is 0 Å².